The molecule has 0 N–H and O–H groups in total. The molecule has 0 unspecified atom stereocenters. The standard InChI is InChI=1S/C15H18F3N3O3/c1-2-24-13-11(4-3-5-19-13)14(23)21-8-6-20(7-9-21)12(22)10-15(16,17)18/h3-5H,2,6-10H2,1H3. The van der Waals surface area contributed by atoms with E-state index in [9.17, 15) is 22.8 Å². The maximum absolute atomic E-state index is 12.5. The van der Waals surface area contributed by atoms with Gasteiger partial charge in [0.05, 0.1) is 6.61 Å². The second-order valence-electron chi connectivity index (χ2n) is 5.25. The van der Waals surface area contributed by atoms with E-state index < -0.39 is 18.5 Å². The van der Waals surface area contributed by atoms with Gasteiger partial charge in [0.25, 0.3) is 5.91 Å². The lowest BCUT2D eigenvalue weighted by Crippen LogP contribution is -2.51. The molecule has 2 rings (SSSR count). The molecule has 0 bridgehead atoms. The quantitative estimate of drug-likeness (QED) is 0.834. The number of carbonyl (C=O) groups is 2. The van der Waals surface area contributed by atoms with Crippen molar-refractivity contribution in [3.63, 3.8) is 0 Å². The number of ether oxygens (including phenoxy) is 1. The summed E-state index contributed by atoms with van der Waals surface area (Å²) < 4.78 is 42.1. The molecule has 0 saturated carbocycles. The Morgan fingerprint density at radius 2 is 1.83 bits per heavy atom. The molecule has 0 radical (unpaired) electrons. The van der Waals surface area contributed by atoms with Crippen LogP contribution in [0.2, 0.25) is 0 Å². The van der Waals surface area contributed by atoms with Crippen LogP contribution in [0.4, 0.5) is 13.2 Å². The van der Waals surface area contributed by atoms with E-state index in [1.807, 2.05) is 0 Å². The lowest BCUT2D eigenvalue weighted by atomic mass is 10.2. The van der Waals surface area contributed by atoms with Crippen molar-refractivity contribution in [3.05, 3.63) is 23.9 Å². The van der Waals surface area contributed by atoms with Gasteiger partial charge in [0, 0.05) is 32.4 Å². The fourth-order valence-corrected chi connectivity index (χ4v) is 2.42. The van der Waals surface area contributed by atoms with Crippen LogP contribution < -0.4 is 4.74 Å². The maximum atomic E-state index is 12.5. The number of halogens is 3. The van der Waals surface area contributed by atoms with Gasteiger partial charge in [-0.05, 0) is 19.1 Å². The molecule has 1 aliphatic heterocycles. The number of nitrogens with zero attached hydrogens (tertiary/aromatic N) is 3. The van der Waals surface area contributed by atoms with Crippen molar-refractivity contribution in [2.75, 3.05) is 32.8 Å². The highest BCUT2D eigenvalue weighted by Crippen LogP contribution is 2.22. The predicted octanol–water partition coefficient (Wildman–Crippen LogP) is 1.72. The third kappa shape index (κ3) is 4.59. The van der Waals surface area contributed by atoms with E-state index in [1.165, 1.54) is 11.1 Å². The van der Waals surface area contributed by atoms with E-state index in [-0.39, 0.29) is 38.0 Å². The summed E-state index contributed by atoms with van der Waals surface area (Å²) in [4.78, 5) is 30.7. The normalized spacial score (nSPS) is 15.3. The molecule has 0 aromatic carbocycles. The van der Waals surface area contributed by atoms with Gasteiger partial charge in [-0.25, -0.2) is 4.98 Å². The summed E-state index contributed by atoms with van der Waals surface area (Å²) in [7, 11) is 0. The number of amides is 2. The van der Waals surface area contributed by atoms with Gasteiger partial charge in [-0.2, -0.15) is 13.2 Å². The SMILES string of the molecule is CCOc1ncccc1C(=O)N1CCN(C(=O)CC(F)(F)F)CC1. The van der Waals surface area contributed by atoms with Crippen LogP contribution in [0.5, 0.6) is 5.88 Å². The zero-order valence-corrected chi connectivity index (χ0v) is 13.2. The zero-order chi connectivity index (χ0) is 17.7. The number of aromatic nitrogens is 1. The van der Waals surface area contributed by atoms with Gasteiger partial charge in [-0.3, -0.25) is 9.59 Å². The van der Waals surface area contributed by atoms with Crippen LogP contribution in [0.1, 0.15) is 23.7 Å². The fourth-order valence-electron chi connectivity index (χ4n) is 2.42. The predicted molar refractivity (Wildman–Crippen MR) is 78.6 cm³/mol. The molecule has 1 saturated heterocycles. The lowest BCUT2D eigenvalue weighted by molar-refractivity contribution is -0.162. The Labute approximate surface area is 137 Å². The van der Waals surface area contributed by atoms with E-state index >= 15 is 0 Å². The number of alkyl halides is 3. The monoisotopic (exact) mass is 345 g/mol. The topological polar surface area (TPSA) is 62.7 Å². The van der Waals surface area contributed by atoms with Crippen LogP contribution in [0.25, 0.3) is 0 Å². The summed E-state index contributed by atoms with van der Waals surface area (Å²) in [5, 5.41) is 0. The lowest BCUT2D eigenvalue weighted by Gasteiger charge is -2.35. The summed E-state index contributed by atoms with van der Waals surface area (Å²) in [5.41, 5.74) is 0.300. The first-order chi connectivity index (χ1) is 11.3. The third-order valence-corrected chi connectivity index (χ3v) is 3.55. The molecule has 1 aromatic rings. The Balaban J connectivity index is 1.97. The number of rotatable bonds is 4. The fraction of sp³-hybridized carbons (Fsp3) is 0.533. The highest BCUT2D eigenvalue weighted by Gasteiger charge is 2.35. The van der Waals surface area contributed by atoms with Gasteiger partial charge in [0.2, 0.25) is 11.8 Å². The van der Waals surface area contributed by atoms with E-state index in [0.717, 1.165) is 4.90 Å². The number of carbonyl (C=O) groups excluding carboxylic acids is 2. The van der Waals surface area contributed by atoms with Gasteiger partial charge in [0.15, 0.2) is 0 Å². The van der Waals surface area contributed by atoms with Crippen LogP contribution in [-0.2, 0) is 4.79 Å². The molecule has 9 heteroatoms. The zero-order valence-electron chi connectivity index (χ0n) is 13.2. The summed E-state index contributed by atoms with van der Waals surface area (Å²) in [5.74, 6) is -1.05. The van der Waals surface area contributed by atoms with Crippen molar-refractivity contribution in [2.45, 2.75) is 19.5 Å². The summed E-state index contributed by atoms with van der Waals surface area (Å²) in [6.45, 7) is 2.62. The van der Waals surface area contributed by atoms with Crippen molar-refractivity contribution >= 4 is 11.8 Å². The molecule has 6 nitrogen and oxygen atoms in total. The average molecular weight is 345 g/mol. The average Bonchev–Trinajstić information content (AvgIpc) is 2.54. The molecule has 2 heterocycles. The minimum absolute atomic E-state index is 0.0743. The first kappa shape index (κ1) is 18.0. The van der Waals surface area contributed by atoms with Crippen molar-refractivity contribution in [1.29, 1.82) is 0 Å². The molecule has 1 aliphatic rings. The second-order valence-corrected chi connectivity index (χ2v) is 5.25. The third-order valence-electron chi connectivity index (χ3n) is 3.55. The van der Waals surface area contributed by atoms with Crippen LogP contribution in [0.15, 0.2) is 18.3 Å². The molecule has 132 valence electrons. The van der Waals surface area contributed by atoms with Gasteiger partial charge in [-0.1, -0.05) is 0 Å². The maximum Gasteiger partial charge on any atom is 0.397 e. The Bertz CT molecular complexity index is 599. The Kier molecular flexibility index (Phi) is 5.63. The summed E-state index contributed by atoms with van der Waals surface area (Å²) in [6, 6.07) is 3.19. The molecule has 0 spiro atoms. The molecule has 0 aliphatic carbocycles. The van der Waals surface area contributed by atoms with E-state index in [4.69, 9.17) is 4.74 Å². The molecule has 0 atom stereocenters. The van der Waals surface area contributed by atoms with Gasteiger partial charge in [-0.15, -0.1) is 0 Å². The molecule has 2 amide bonds. The Morgan fingerprint density at radius 1 is 1.21 bits per heavy atom. The van der Waals surface area contributed by atoms with E-state index in [1.54, 1.807) is 19.1 Å². The number of hydrogen-bond acceptors (Lipinski definition) is 4. The van der Waals surface area contributed by atoms with Crippen LogP contribution in [0.3, 0.4) is 0 Å². The van der Waals surface area contributed by atoms with E-state index in [2.05, 4.69) is 4.98 Å². The highest BCUT2D eigenvalue weighted by atomic mass is 19.4. The summed E-state index contributed by atoms with van der Waals surface area (Å²) in [6.07, 6.45) is -4.49. The number of piperazine rings is 1. The minimum atomic E-state index is -4.52. The van der Waals surface area contributed by atoms with Crippen molar-refractivity contribution in [1.82, 2.24) is 14.8 Å². The van der Waals surface area contributed by atoms with Crippen molar-refractivity contribution in [3.8, 4) is 5.88 Å². The second kappa shape index (κ2) is 7.50. The van der Waals surface area contributed by atoms with Crippen LogP contribution in [-0.4, -0.2) is 65.6 Å². The molecular formula is C15H18F3N3O3. The largest absolute Gasteiger partial charge is 0.477 e. The molecule has 1 fully saturated rings. The highest BCUT2D eigenvalue weighted by molar-refractivity contribution is 5.96. The first-order valence-corrected chi connectivity index (χ1v) is 7.53. The van der Waals surface area contributed by atoms with E-state index in [0.29, 0.717) is 12.2 Å². The van der Waals surface area contributed by atoms with Crippen LogP contribution in [0, 0.1) is 0 Å². The van der Waals surface area contributed by atoms with Gasteiger partial charge >= 0.3 is 6.18 Å². The summed E-state index contributed by atoms with van der Waals surface area (Å²) >= 11 is 0. The van der Waals surface area contributed by atoms with Crippen molar-refractivity contribution < 1.29 is 27.5 Å². The first-order valence-electron chi connectivity index (χ1n) is 7.53. The minimum Gasteiger partial charge on any atom is -0.477 e. The molecule has 24 heavy (non-hydrogen) atoms. The number of hydrogen-bond donors (Lipinski definition) is 0. The Hall–Kier alpha value is -2.32. The van der Waals surface area contributed by atoms with Crippen molar-refractivity contribution in [2.24, 2.45) is 0 Å². The smallest absolute Gasteiger partial charge is 0.397 e. The van der Waals surface area contributed by atoms with Gasteiger partial charge < -0.3 is 14.5 Å². The van der Waals surface area contributed by atoms with Gasteiger partial charge in [0.1, 0.15) is 12.0 Å². The van der Waals surface area contributed by atoms with Crippen LogP contribution >= 0.6 is 0 Å². The molecular weight excluding hydrogens is 327 g/mol. The number of pyridine rings is 1. The Morgan fingerprint density at radius 3 is 2.42 bits per heavy atom. The molecule has 1 aromatic heterocycles.